The van der Waals surface area contributed by atoms with E-state index in [1.54, 1.807) is 6.92 Å². The van der Waals surface area contributed by atoms with Gasteiger partial charge in [-0.05, 0) is 6.92 Å². The minimum absolute atomic E-state index is 0.0878. The van der Waals surface area contributed by atoms with E-state index in [0.717, 1.165) is 0 Å². The SMILES string of the molecule is CCOC(=O)CCC1=N[C@@H](C(=O)NO)CO1. The Kier molecular flexibility index (Phi) is 4.71. The van der Waals surface area contributed by atoms with Crippen molar-refractivity contribution < 1.29 is 24.3 Å². The van der Waals surface area contributed by atoms with Crippen molar-refractivity contribution in [2.45, 2.75) is 25.8 Å². The maximum Gasteiger partial charge on any atom is 0.306 e. The highest BCUT2D eigenvalue weighted by molar-refractivity contribution is 5.89. The molecule has 16 heavy (non-hydrogen) atoms. The zero-order valence-electron chi connectivity index (χ0n) is 8.93. The highest BCUT2D eigenvalue weighted by Crippen LogP contribution is 2.09. The van der Waals surface area contributed by atoms with Crippen LogP contribution in [0.1, 0.15) is 19.8 Å². The standard InChI is InChI=1S/C9H14N2O5/c1-2-15-8(12)4-3-7-10-6(5-16-7)9(13)11-14/h6,14H,2-5H2,1H3,(H,11,13)/t6-/m1/s1. The fourth-order valence-corrected chi connectivity index (χ4v) is 1.21. The number of aliphatic imine (C=N–C) groups is 1. The Morgan fingerprint density at radius 1 is 1.69 bits per heavy atom. The molecular weight excluding hydrogens is 216 g/mol. The zero-order valence-corrected chi connectivity index (χ0v) is 8.93. The molecule has 7 heteroatoms. The van der Waals surface area contributed by atoms with Crippen LogP contribution in [-0.4, -0.2) is 42.2 Å². The van der Waals surface area contributed by atoms with E-state index in [1.165, 1.54) is 5.48 Å². The van der Waals surface area contributed by atoms with Gasteiger partial charge in [0, 0.05) is 6.42 Å². The molecular formula is C9H14N2O5. The lowest BCUT2D eigenvalue weighted by molar-refractivity contribution is -0.143. The van der Waals surface area contributed by atoms with E-state index in [0.29, 0.717) is 18.9 Å². The molecule has 0 aliphatic carbocycles. The molecule has 1 atom stereocenters. The number of rotatable bonds is 5. The first-order valence-electron chi connectivity index (χ1n) is 4.96. The van der Waals surface area contributed by atoms with Gasteiger partial charge in [0.1, 0.15) is 6.61 Å². The van der Waals surface area contributed by atoms with Crippen LogP contribution in [0.25, 0.3) is 0 Å². The van der Waals surface area contributed by atoms with Gasteiger partial charge in [-0.2, -0.15) is 0 Å². The summed E-state index contributed by atoms with van der Waals surface area (Å²) in [7, 11) is 0. The lowest BCUT2D eigenvalue weighted by Gasteiger charge is -2.01. The maximum atomic E-state index is 11.0. The topological polar surface area (TPSA) is 97.2 Å². The van der Waals surface area contributed by atoms with Gasteiger partial charge in [-0.15, -0.1) is 0 Å². The van der Waals surface area contributed by atoms with Crippen LogP contribution in [0.3, 0.4) is 0 Å². The highest BCUT2D eigenvalue weighted by atomic mass is 16.5. The summed E-state index contributed by atoms with van der Waals surface area (Å²) >= 11 is 0. The summed E-state index contributed by atoms with van der Waals surface area (Å²) in [6.07, 6.45) is 0.466. The third kappa shape index (κ3) is 3.50. The molecule has 2 N–H and O–H groups in total. The first kappa shape index (κ1) is 12.4. The van der Waals surface area contributed by atoms with Crippen molar-refractivity contribution in [3.05, 3.63) is 0 Å². The van der Waals surface area contributed by atoms with Gasteiger partial charge in [-0.25, -0.2) is 10.5 Å². The summed E-state index contributed by atoms with van der Waals surface area (Å²) in [5.74, 6) is -0.614. The normalized spacial score (nSPS) is 18.6. The van der Waals surface area contributed by atoms with Gasteiger partial charge in [0.25, 0.3) is 5.91 Å². The van der Waals surface area contributed by atoms with Crippen LogP contribution in [0.4, 0.5) is 0 Å². The number of hydroxylamine groups is 1. The third-order valence-corrected chi connectivity index (χ3v) is 1.97. The minimum Gasteiger partial charge on any atom is -0.478 e. The lowest BCUT2D eigenvalue weighted by atomic mass is 10.3. The largest absolute Gasteiger partial charge is 0.478 e. The van der Waals surface area contributed by atoms with Gasteiger partial charge in [-0.3, -0.25) is 14.8 Å². The average Bonchev–Trinajstić information content (AvgIpc) is 2.74. The molecule has 0 unspecified atom stereocenters. The second kappa shape index (κ2) is 6.06. The van der Waals surface area contributed by atoms with E-state index >= 15 is 0 Å². The number of carbonyl (C=O) groups is 2. The molecule has 1 aliphatic rings. The fraction of sp³-hybridized carbons (Fsp3) is 0.667. The number of amides is 1. The molecule has 1 heterocycles. The number of nitrogens with one attached hydrogen (secondary N) is 1. The fourth-order valence-electron chi connectivity index (χ4n) is 1.21. The molecule has 1 aliphatic heterocycles. The van der Waals surface area contributed by atoms with Crippen LogP contribution >= 0.6 is 0 Å². The molecule has 0 aromatic rings. The van der Waals surface area contributed by atoms with Gasteiger partial charge in [0.15, 0.2) is 11.9 Å². The molecule has 0 aromatic heterocycles. The van der Waals surface area contributed by atoms with Crippen LogP contribution in [0.15, 0.2) is 4.99 Å². The molecule has 0 saturated heterocycles. The van der Waals surface area contributed by atoms with Crippen molar-refractivity contribution in [3.8, 4) is 0 Å². The Morgan fingerprint density at radius 2 is 2.44 bits per heavy atom. The first-order chi connectivity index (χ1) is 7.67. The zero-order chi connectivity index (χ0) is 12.0. The second-order valence-electron chi connectivity index (χ2n) is 3.13. The van der Waals surface area contributed by atoms with Gasteiger partial charge in [-0.1, -0.05) is 0 Å². The van der Waals surface area contributed by atoms with Gasteiger partial charge in [0.05, 0.1) is 13.0 Å². The van der Waals surface area contributed by atoms with Crippen molar-refractivity contribution in [3.63, 3.8) is 0 Å². The number of hydrogen-bond donors (Lipinski definition) is 2. The summed E-state index contributed by atoms with van der Waals surface area (Å²) < 4.78 is 9.82. The Bertz CT molecular complexity index is 302. The molecule has 7 nitrogen and oxygen atoms in total. The highest BCUT2D eigenvalue weighted by Gasteiger charge is 2.25. The van der Waals surface area contributed by atoms with Crippen LogP contribution in [0.2, 0.25) is 0 Å². The van der Waals surface area contributed by atoms with E-state index in [-0.39, 0.29) is 19.0 Å². The van der Waals surface area contributed by atoms with E-state index in [2.05, 4.69) is 4.99 Å². The van der Waals surface area contributed by atoms with Crippen molar-refractivity contribution in [1.82, 2.24) is 5.48 Å². The smallest absolute Gasteiger partial charge is 0.306 e. The van der Waals surface area contributed by atoms with Crippen LogP contribution < -0.4 is 5.48 Å². The minimum atomic E-state index is -0.734. The van der Waals surface area contributed by atoms with Crippen LogP contribution in [0, 0.1) is 0 Å². The van der Waals surface area contributed by atoms with Crippen molar-refractivity contribution in [2.75, 3.05) is 13.2 Å². The van der Waals surface area contributed by atoms with Crippen molar-refractivity contribution in [2.24, 2.45) is 4.99 Å². The van der Waals surface area contributed by atoms with Crippen molar-refractivity contribution >= 4 is 17.8 Å². The Morgan fingerprint density at radius 3 is 3.06 bits per heavy atom. The number of carbonyl (C=O) groups excluding carboxylic acids is 2. The molecule has 0 fully saturated rings. The van der Waals surface area contributed by atoms with E-state index in [9.17, 15) is 9.59 Å². The predicted octanol–water partition coefficient (Wildman–Crippen LogP) is -0.368. The number of esters is 1. The van der Waals surface area contributed by atoms with Gasteiger partial charge < -0.3 is 9.47 Å². The molecule has 0 saturated carbocycles. The lowest BCUT2D eigenvalue weighted by Crippen LogP contribution is -2.31. The third-order valence-electron chi connectivity index (χ3n) is 1.97. The first-order valence-corrected chi connectivity index (χ1v) is 4.96. The summed E-state index contributed by atoms with van der Waals surface area (Å²) in [6.45, 7) is 2.15. The Hall–Kier alpha value is -1.63. The van der Waals surface area contributed by atoms with E-state index in [1.807, 2.05) is 0 Å². The average molecular weight is 230 g/mol. The second-order valence-corrected chi connectivity index (χ2v) is 3.13. The quantitative estimate of drug-likeness (QED) is 0.381. The van der Waals surface area contributed by atoms with Gasteiger partial charge >= 0.3 is 5.97 Å². The van der Waals surface area contributed by atoms with Crippen LogP contribution in [-0.2, 0) is 19.1 Å². The molecule has 1 rings (SSSR count). The summed E-state index contributed by atoms with van der Waals surface area (Å²) in [4.78, 5) is 25.9. The molecule has 0 radical (unpaired) electrons. The number of nitrogens with zero attached hydrogens (tertiary/aromatic N) is 1. The molecule has 0 spiro atoms. The number of hydrogen-bond acceptors (Lipinski definition) is 6. The molecule has 0 aromatic carbocycles. The summed E-state index contributed by atoms with van der Waals surface area (Å²) in [6, 6.07) is -0.734. The predicted molar refractivity (Wildman–Crippen MR) is 53.0 cm³/mol. The maximum absolute atomic E-state index is 11.0. The summed E-state index contributed by atoms with van der Waals surface area (Å²) in [5, 5.41) is 8.37. The van der Waals surface area contributed by atoms with E-state index < -0.39 is 11.9 Å². The molecule has 0 bridgehead atoms. The van der Waals surface area contributed by atoms with Crippen LogP contribution in [0.5, 0.6) is 0 Å². The van der Waals surface area contributed by atoms with Crippen molar-refractivity contribution in [1.29, 1.82) is 0 Å². The summed E-state index contributed by atoms with van der Waals surface area (Å²) in [5.41, 5.74) is 1.49. The molecule has 1 amide bonds. The Labute approximate surface area is 92.4 Å². The van der Waals surface area contributed by atoms with E-state index in [4.69, 9.17) is 14.7 Å². The molecule has 90 valence electrons. The Balaban J connectivity index is 2.34. The van der Waals surface area contributed by atoms with Gasteiger partial charge in [0.2, 0.25) is 0 Å². The number of ether oxygens (including phenoxy) is 2. The monoisotopic (exact) mass is 230 g/mol.